The van der Waals surface area contributed by atoms with E-state index in [-0.39, 0.29) is 36.7 Å². The number of hydrogen-bond donors (Lipinski definition) is 2. The summed E-state index contributed by atoms with van der Waals surface area (Å²) in [7, 11) is 1.13. The summed E-state index contributed by atoms with van der Waals surface area (Å²) in [4.78, 5) is 24.6. The van der Waals surface area contributed by atoms with Crippen LogP contribution in [-0.2, 0) is 20.7 Å². The van der Waals surface area contributed by atoms with E-state index in [2.05, 4.69) is 5.32 Å². The number of nitrogens with zero attached hydrogens (tertiary/aromatic N) is 1. The zero-order valence-electron chi connectivity index (χ0n) is 20.2. The zero-order valence-corrected chi connectivity index (χ0v) is 20.2. The van der Waals surface area contributed by atoms with Gasteiger partial charge in [0.2, 0.25) is 11.8 Å². The van der Waals surface area contributed by atoms with Gasteiger partial charge in [-0.15, -0.1) is 0 Å². The van der Waals surface area contributed by atoms with Crippen LogP contribution in [0, 0.1) is 0 Å². The SMILES string of the molecule is COC1(F)CC(C(F)(F)Oc2ccc3c(c2)CCN3C(=O)CNCCC(=O)O)=CC=C1c1ccccc1. The first-order valence-electron chi connectivity index (χ1n) is 11.8. The van der Waals surface area contributed by atoms with Crippen molar-refractivity contribution in [2.24, 2.45) is 0 Å². The molecule has 1 heterocycles. The number of alkyl halides is 3. The number of aliphatic carboxylic acids is 1. The molecule has 0 bridgehead atoms. The number of amides is 1. The number of benzene rings is 2. The molecule has 2 aromatic rings. The quantitative estimate of drug-likeness (QED) is 0.457. The third-order valence-corrected chi connectivity index (χ3v) is 6.34. The van der Waals surface area contributed by atoms with Crippen LogP contribution in [0.5, 0.6) is 5.75 Å². The van der Waals surface area contributed by atoms with E-state index < -0.39 is 29.9 Å². The smallest absolute Gasteiger partial charge is 0.423 e. The third-order valence-electron chi connectivity index (χ3n) is 6.34. The number of anilines is 1. The van der Waals surface area contributed by atoms with Crippen LogP contribution in [0.2, 0.25) is 0 Å². The lowest BCUT2D eigenvalue weighted by Crippen LogP contribution is -2.37. The molecule has 4 rings (SSSR count). The molecule has 0 aromatic heterocycles. The van der Waals surface area contributed by atoms with E-state index in [4.69, 9.17) is 14.6 Å². The Balaban J connectivity index is 1.47. The summed E-state index contributed by atoms with van der Waals surface area (Å²) in [5, 5.41) is 11.5. The van der Waals surface area contributed by atoms with Gasteiger partial charge in [-0.2, -0.15) is 8.78 Å². The standard InChI is InChI=1S/C27H27F3N2O5/c1-36-26(28)16-20(7-9-22(26)18-5-3-2-4-6-18)27(29,30)37-21-8-10-23-19(15-21)12-14-32(23)24(33)17-31-13-11-25(34)35/h2-10,15,31H,11-14,16-17H2,1H3,(H,34,35). The molecule has 0 saturated carbocycles. The number of rotatable bonds is 10. The van der Waals surface area contributed by atoms with Gasteiger partial charge in [-0.05, 0) is 35.7 Å². The first-order chi connectivity index (χ1) is 17.6. The van der Waals surface area contributed by atoms with Gasteiger partial charge in [0.25, 0.3) is 0 Å². The summed E-state index contributed by atoms with van der Waals surface area (Å²) in [5.41, 5.74) is 1.35. The fourth-order valence-corrected chi connectivity index (χ4v) is 4.42. The second kappa shape index (κ2) is 10.8. The summed E-state index contributed by atoms with van der Waals surface area (Å²) in [6, 6.07) is 12.9. The molecule has 1 aliphatic heterocycles. The van der Waals surface area contributed by atoms with Gasteiger partial charge in [0.05, 0.1) is 13.0 Å². The lowest BCUT2D eigenvalue weighted by molar-refractivity contribution is -0.156. The number of nitrogens with one attached hydrogen (secondary N) is 1. The molecule has 1 unspecified atom stereocenters. The summed E-state index contributed by atoms with van der Waals surface area (Å²) < 4.78 is 55.9. The van der Waals surface area contributed by atoms with E-state index in [1.807, 2.05) is 0 Å². The molecule has 1 atom stereocenters. The lowest BCUT2D eigenvalue weighted by atomic mass is 9.88. The van der Waals surface area contributed by atoms with Crippen LogP contribution in [0.3, 0.4) is 0 Å². The Morgan fingerprint density at radius 3 is 2.62 bits per heavy atom. The van der Waals surface area contributed by atoms with Crippen molar-refractivity contribution in [1.29, 1.82) is 0 Å². The molecule has 10 heteroatoms. The highest BCUT2D eigenvalue weighted by molar-refractivity contribution is 5.97. The molecule has 0 spiro atoms. The molecule has 0 radical (unpaired) electrons. The average Bonchev–Trinajstić information content (AvgIpc) is 3.30. The number of carbonyl (C=O) groups excluding carboxylic acids is 1. The largest absolute Gasteiger partial charge is 0.481 e. The van der Waals surface area contributed by atoms with Crippen molar-refractivity contribution in [2.75, 3.05) is 31.6 Å². The van der Waals surface area contributed by atoms with E-state index in [0.717, 1.165) is 13.2 Å². The number of carbonyl (C=O) groups is 2. The van der Waals surface area contributed by atoms with Gasteiger partial charge in [0, 0.05) is 43.5 Å². The minimum Gasteiger partial charge on any atom is -0.481 e. The number of methoxy groups -OCH3 is 1. The van der Waals surface area contributed by atoms with Crippen LogP contribution >= 0.6 is 0 Å². The van der Waals surface area contributed by atoms with Gasteiger partial charge in [-0.25, -0.2) is 4.39 Å². The maximum absolute atomic E-state index is 15.6. The van der Waals surface area contributed by atoms with Gasteiger partial charge < -0.3 is 24.8 Å². The highest BCUT2D eigenvalue weighted by Gasteiger charge is 2.47. The minimum atomic E-state index is -3.80. The summed E-state index contributed by atoms with van der Waals surface area (Å²) >= 11 is 0. The topological polar surface area (TPSA) is 88.1 Å². The molecule has 1 aliphatic carbocycles. The van der Waals surface area contributed by atoms with Crippen LogP contribution < -0.4 is 15.0 Å². The van der Waals surface area contributed by atoms with Crippen LogP contribution in [0.4, 0.5) is 18.9 Å². The number of halogens is 3. The molecular formula is C27H27F3N2O5. The van der Waals surface area contributed by atoms with Gasteiger partial charge in [-0.3, -0.25) is 9.59 Å². The second-order valence-corrected chi connectivity index (χ2v) is 8.77. The van der Waals surface area contributed by atoms with E-state index in [1.54, 1.807) is 30.3 Å². The Hall–Kier alpha value is -3.63. The predicted molar refractivity (Wildman–Crippen MR) is 131 cm³/mol. The van der Waals surface area contributed by atoms with Gasteiger partial charge >= 0.3 is 12.1 Å². The van der Waals surface area contributed by atoms with E-state index in [1.165, 1.54) is 29.2 Å². The fourth-order valence-electron chi connectivity index (χ4n) is 4.42. The fraction of sp³-hybridized carbons (Fsp3) is 0.333. The molecule has 196 valence electrons. The van der Waals surface area contributed by atoms with Crippen LogP contribution in [-0.4, -0.2) is 55.7 Å². The molecule has 2 aliphatic rings. The third kappa shape index (κ3) is 5.86. The minimum absolute atomic E-state index is 0.0415. The normalized spacial score (nSPS) is 19.2. The number of carboxylic acids is 1. The Morgan fingerprint density at radius 1 is 1.16 bits per heavy atom. The molecule has 0 fully saturated rings. The van der Waals surface area contributed by atoms with Gasteiger partial charge in [-0.1, -0.05) is 42.5 Å². The van der Waals surface area contributed by atoms with Crippen LogP contribution in [0.1, 0.15) is 24.0 Å². The first kappa shape index (κ1) is 26.4. The molecular weight excluding hydrogens is 489 g/mol. The van der Waals surface area contributed by atoms with Crippen molar-refractivity contribution < 1.29 is 37.3 Å². The van der Waals surface area contributed by atoms with Crippen molar-refractivity contribution in [1.82, 2.24) is 5.32 Å². The maximum Gasteiger partial charge on any atom is 0.423 e. The Morgan fingerprint density at radius 2 is 1.92 bits per heavy atom. The highest BCUT2D eigenvalue weighted by Crippen LogP contribution is 2.45. The molecule has 2 N–H and O–H groups in total. The monoisotopic (exact) mass is 516 g/mol. The number of ether oxygens (including phenoxy) is 2. The Bertz CT molecular complexity index is 1230. The number of allylic oxidation sites excluding steroid dienone is 2. The van der Waals surface area contributed by atoms with Crippen molar-refractivity contribution >= 4 is 23.1 Å². The Kier molecular flexibility index (Phi) is 7.70. The van der Waals surface area contributed by atoms with Crippen LogP contribution in [0.15, 0.2) is 66.3 Å². The van der Waals surface area contributed by atoms with Gasteiger partial charge in [0.15, 0.2) is 0 Å². The maximum atomic E-state index is 15.6. The first-order valence-corrected chi connectivity index (χ1v) is 11.8. The van der Waals surface area contributed by atoms with E-state index in [9.17, 15) is 9.59 Å². The zero-order chi connectivity index (χ0) is 26.6. The Labute approximate surface area is 212 Å². The molecule has 1 amide bonds. The van der Waals surface area contributed by atoms with Crippen molar-refractivity contribution in [3.8, 4) is 5.75 Å². The van der Waals surface area contributed by atoms with Crippen molar-refractivity contribution in [3.63, 3.8) is 0 Å². The highest BCUT2D eigenvalue weighted by atomic mass is 19.3. The number of carboxylic acid groups (broad SMARTS) is 1. The predicted octanol–water partition coefficient (Wildman–Crippen LogP) is 4.34. The molecule has 7 nitrogen and oxygen atoms in total. The van der Waals surface area contributed by atoms with E-state index >= 15 is 13.2 Å². The lowest BCUT2D eigenvalue weighted by Gasteiger charge is -2.33. The average molecular weight is 517 g/mol. The number of fused-ring (bicyclic) bond motifs is 1. The van der Waals surface area contributed by atoms with E-state index in [0.29, 0.717) is 29.8 Å². The molecule has 0 saturated heterocycles. The van der Waals surface area contributed by atoms with Crippen LogP contribution in [0.25, 0.3) is 5.57 Å². The van der Waals surface area contributed by atoms with Gasteiger partial charge in [0.1, 0.15) is 5.75 Å². The van der Waals surface area contributed by atoms with Crippen molar-refractivity contribution in [3.05, 3.63) is 77.4 Å². The number of hydrogen-bond acceptors (Lipinski definition) is 5. The van der Waals surface area contributed by atoms with Crippen molar-refractivity contribution in [2.45, 2.75) is 31.2 Å². The summed E-state index contributed by atoms with van der Waals surface area (Å²) in [6.45, 7) is 0.482. The molecule has 37 heavy (non-hydrogen) atoms. The molecule has 2 aromatic carbocycles. The second-order valence-electron chi connectivity index (χ2n) is 8.77. The summed E-state index contributed by atoms with van der Waals surface area (Å²) in [5.74, 6) is -3.78. The summed E-state index contributed by atoms with van der Waals surface area (Å²) in [6.07, 6.45) is -1.73.